The Hall–Kier alpha value is -3.65. The Balaban J connectivity index is 1.79. The monoisotopic (exact) mass is 508 g/mol. The number of nitrogens with one attached hydrogen (secondary N) is 1. The van der Waals surface area contributed by atoms with Crippen LogP contribution < -0.4 is 29.0 Å². The van der Waals surface area contributed by atoms with Gasteiger partial charge in [-0.15, -0.1) is 0 Å². The second-order valence-electron chi connectivity index (χ2n) is 9.37. The van der Waals surface area contributed by atoms with Gasteiger partial charge in [0.25, 0.3) is 0 Å². The summed E-state index contributed by atoms with van der Waals surface area (Å²) in [5, 5.41) is 3.21. The number of allylic oxidation sites excluding steroid dienone is 2. The van der Waals surface area contributed by atoms with Gasteiger partial charge in [-0.25, -0.2) is 0 Å². The SMILES string of the molecule is COc1cc2c(cc1OC)C(CC(=O)N[C@H]1CCN(C)C1)=C(C)C2=Cc1cc(OC)c(OC)c(OC)c1. The van der Waals surface area contributed by atoms with Crippen molar-refractivity contribution < 1.29 is 28.5 Å². The van der Waals surface area contributed by atoms with Crippen LogP contribution in [0, 0.1) is 0 Å². The summed E-state index contributed by atoms with van der Waals surface area (Å²) >= 11 is 0. The molecule has 8 heteroatoms. The van der Waals surface area contributed by atoms with Gasteiger partial charge < -0.3 is 33.9 Å². The van der Waals surface area contributed by atoms with E-state index in [9.17, 15) is 4.79 Å². The van der Waals surface area contributed by atoms with Gasteiger partial charge in [0.1, 0.15) is 0 Å². The molecule has 1 amide bonds. The molecule has 1 aliphatic heterocycles. The van der Waals surface area contributed by atoms with Crippen molar-refractivity contribution in [2.45, 2.75) is 25.8 Å². The van der Waals surface area contributed by atoms with E-state index in [4.69, 9.17) is 23.7 Å². The quantitative estimate of drug-likeness (QED) is 0.542. The summed E-state index contributed by atoms with van der Waals surface area (Å²) < 4.78 is 27.8. The van der Waals surface area contributed by atoms with E-state index < -0.39 is 0 Å². The molecule has 1 fully saturated rings. The van der Waals surface area contributed by atoms with Crippen molar-refractivity contribution in [1.82, 2.24) is 10.2 Å². The minimum absolute atomic E-state index is 0.0180. The first-order valence-corrected chi connectivity index (χ1v) is 12.3. The lowest BCUT2D eigenvalue weighted by molar-refractivity contribution is -0.120. The molecule has 0 unspecified atom stereocenters. The van der Waals surface area contributed by atoms with Crippen molar-refractivity contribution in [3.63, 3.8) is 0 Å². The third kappa shape index (κ3) is 5.25. The van der Waals surface area contributed by atoms with Crippen LogP contribution in [0.5, 0.6) is 28.7 Å². The maximum atomic E-state index is 13.1. The zero-order chi connectivity index (χ0) is 26.7. The molecule has 8 nitrogen and oxygen atoms in total. The summed E-state index contributed by atoms with van der Waals surface area (Å²) in [4.78, 5) is 15.3. The van der Waals surface area contributed by atoms with Gasteiger partial charge in [0, 0.05) is 12.6 Å². The first kappa shape index (κ1) is 26.4. The number of likely N-dealkylation sites (tertiary alicyclic amines) is 1. The molecule has 1 N–H and O–H groups in total. The van der Waals surface area contributed by atoms with Crippen LogP contribution in [0.4, 0.5) is 0 Å². The third-order valence-electron chi connectivity index (χ3n) is 7.09. The van der Waals surface area contributed by atoms with Crippen LogP contribution in [-0.4, -0.2) is 72.5 Å². The van der Waals surface area contributed by atoms with Crippen LogP contribution >= 0.6 is 0 Å². The standard InChI is InChI=1S/C29H36N2O6/c1-17-20(10-18-11-26(35-5)29(37-7)27(12-18)36-6)22-13-24(33-3)25(34-4)14-23(22)21(17)15-28(32)30-19-8-9-31(2)16-19/h10-14,19H,8-9,15-16H2,1-7H3,(H,30,32)/t19-/m0/s1. The molecule has 4 rings (SSSR count). The van der Waals surface area contributed by atoms with E-state index >= 15 is 0 Å². The molecular weight excluding hydrogens is 472 g/mol. The molecule has 1 aliphatic carbocycles. The molecular formula is C29H36N2O6. The minimum atomic E-state index is 0.0180. The molecule has 1 saturated heterocycles. The van der Waals surface area contributed by atoms with Gasteiger partial charge in [0.15, 0.2) is 23.0 Å². The summed E-state index contributed by atoms with van der Waals surface area (Å²) in [6, 6.07) is 7.92. The molecule has 37 heavy (non-hydrogen) atoms. The molecule has 0 radical (unpaired) electrons. The van der Waals surface area contributed by atoms with E-state index in [0.717, 1.165) is 52.9 Å². The highest BCUT2D eigenvalue weighted by atomic mass is 16.5. The summed E-state index contributed by atoms with van der Waals surface area (Å²) in [6.45, 7) is 3.92. The van der Waals surface area contributed by atoms with Gasteiger partial charge in [-0.05, 0) is 90.7 Å². The Morgan fingerprint density at radius 1 is 0.919 bits per heavy atom. The van der Waals surface area contributed by atoms with E-state index in [1.54, 1.807) is 35.5 Å². The Bertz CT molecular complexity index is 1220. The summed E-state index contributed by atoms with van der Waals surface area (Å²) in [5.74, 6) is 2.95. The fourth-order valence-electron chi connectivity index (χ4n) is 5.18. The molecule has 0 bridgehead atoms. The average molecular weight is 509 g/mol. The average Bonchev–Trinajstić information content (AvgIpc) is 3.42. The Morgan fingerprint density at radius 3 is 2.03 bits per heavy atom. The number of carbonyl (C=O) groups excluding carboxylic acids is 1. The highest BCUT2D eigenvalue weighted by molar-refractivity contribution is 6.08. The fraction of sp³-hybridized carbons (Fsp3) is 0.414. The highest BCUT2D eigenvalue weighted by Crippen LogP contribution is 2.48. The van der Waals surface area contributed by atoms with Crippen LogP contribution in [0.3, 0.4) is 0 Å². The number of rotatable bonds is 9. The van der Waals surface area contributed by atoms with Gasteiger partial charge in [0.2, 0.25) is 11.7 Å². The first-order chi connectivity index (χ1) is 17.8. The maximum absolute atomic E-state index is 13.1. The minimum Gasteiger partial charge on any atom is -0.493 e. The highest BCUT2D eigenvalue weighted by Gasteiger charge is 2.29. The van der Waals surface area contributed by atoms with E-state index in [2.05, 4.69) is 30.3 Å². The lowest BCUT2D eigenvalue weighted by atomic mass is 9.99. The largest absolute Gasteiger partial charge is 0.493 e. The number of ether oxygens (including phenoxy) is 5. The topological polar surface area (TPSA) is 78.5 Å². The second kappa shape index (κ2) is 11.2. The lowest BCUT2D eigenvalue weighted by Gasteiger charge is -2.15. The van der Waals surface area contributed by atoms with Crippen molar-refractivity contribution in [3.8, 4) is 28.7 Å². The smallest absolute Gasteiger partial charge is 0.224 e. The molecule has 1 atom stereocenters. The number of methoxy groups -OCH3 is 5. The molecule has 1 heterocycles. The van der Waals surface area contributed by atoms with E-state index in [1.165, 1.54) is 0 Å². The van der Waals surface area contributed by atoms with Crippen molar-refractivity contribution >= 4 is 23.1 Å². The molecule has 2 aromatic carbocycles. The number of carbonyl (C=O) groups is 1. The first-order valence-electron chi connectivity index (χ1n) is 12.3. The Labute approximate surface area is 218 Å². The maximum Gasteiger partial charge on any atom is 0.224 e. The van der Waals surface area contributed by atoms with Gasteiger partial charge in [-0.2, -0.15) is 0 Å². The van der Waals surface area contributed by atoms with Crippen molar-refractivity contribution in [3.05, 3.63) is 46.5 Å². The van der Waals surface area contributed by atoms with Gasteiger partial charge in [-0.3, -0.25) is 4.79 Å². The van der Waals surface area contributed by atoms with E-state index in [0.29, 0.717) is 28.7 Å². The summed E-state index contributed by atoms with van der Waals surface area (Å²) in [6.07, 6.45) is 3.32. The van der Waals surface area contributed by atoms with Crippen molar-refractivity contribution in [1.29, 1.82) is 0 Å². The van der Waals surface area contributed by atoms with Crippen LogP contribution in [0.15, 0.2) is 29.8 Å². The number of fused-ring (bicyclic) bond motifs is 1. The molecule has 0 saturated carbocycles. The van der Waals surface area contributed by atoms with Crippen LogP contribution in [0.2, 0.25) is 0 Å². The van der Waals surface area contributed by atoms with Crippen molar-refractivity contribution in [2.24, 2.45) is 0 Å². The predicted octanol–water partition coefficient (Wildman–Crippen LogP) is 4.27. The van der Waals surface area contributed by atoms with Gasteiger partial charge >= 0.3 is 0 Å². The zero-order valence-corrected chi connectivity index (χ0v) is 22.7. The van der Waals surface area contributed by atoms with Gasteiger partial charge in [-0.1, -0.05) is 0 Å². The predicted molar refractivity (Wildman–Crippen MR) is 145 cm³/mol. The van der Waals surface area contributed by atoms with E-state index in [-0.39, 0.29) is 18.4 Å². The molecule has 0 spiro atoms. The molecule has 198 valence electrons. The number of hydrogen-bond acceptors (Lipinski definition) is 7. The Morgan fingerprint density at radius 2 is 1.51 bits per heavy atom. The number of amides is 1. The van der Waals surface area contributed by atoms with Crippen LogP contribution in [-0.2, 0) is 4.79 Å². The number of nitrogens with zero attached hydrogens (tertiary/aromatic N) is 1. The van der Waals surface area contributed by atoms with Crippen LogP contribution in [0.1, 0.15) is 36.5 Å². The second-order valence-corrected chi connectivity index (χ2v) is 9.37. The third-order valence-corrected chi connectivity index (χ3v) is 7.09. The lowest BCUT2D eigenvalue weighted by Crippen LogP contribution is -2.36. The normalized spacial score (nSPS) is 18.1. The summed E-state index contributed by atoms with van der Waals surface area (Å²) in [7, 11) is 10.1. The summed E-state index contributed by atoms with van der Waals surface area (Å²) in [5.41, 5.74) is 5.81. The Kier molecular flexibility index (Phi) is 7.97. The molecule has 0 aromatic heterocycles. The number of benzene rings is 2. The van der Waals surface area contributed by atoms with Crippen LogP contribution in [0.25, 0.3) is 17.2 Å². The van der Waals surface area contributed by atoms with Crippen molar-refractivity contribution in [2.75, 3.05) is 55.7 Å². The van der Waals surface area contributed by atoms with Gasteiger partial charge in [0.05, 0.1) is 42.0 Å². The zero-order valence-electron chi connectivity index (χ0n) is 22.7. The number of likely N-dealkylation sites (N-methyl/N-ethyl adjacent to an activating group) is 1. The molecule has 2 aromatic rings. The fourth-order valence-corrected chi connectivity index (χ4v) is 5.18. The molecule has 2 aliphatic rings. The number of hydrogen-bond donors (Lipinski definition) is 1. The van der Waals surface area contributed by atoms with E-state index in [1.807, 2.05) is 24.3 Å².